The Morgan fingerprint density at radius 2 is 1.75 bits per heavy atom. The molecule has 0 bridgehead atoms. The van der Waals surface area contributed by atoms with Gasteiger partial charge in [0.2, 0.25) is 5.91 Å². The molecule has 0 spiro atoms. The first-order valence-corrected chi connectivity index (χ1v) is 9.74. The van der Waals surface area contributed by atoms with Gasteiger partial charge in [0.05, 0.1) is 0 Å². The van der Waals surface area contributed by atoms with Crippen molar-refractivity contribution in [3.8, 4) is 0 Å². The van der Waals surface area contributed by atoms with E-state index < -0.39 is 0 Å². The average molecular weight is 335 g/mol. The fraction of sp³-hybridized carbons (Fsp3) is 0.889. The van der Waals surface area contributed by atoms with Crippen molar-refractivity contribution in [1.29, 1.82) is 0 Å². The van der Waals surface area contributed by atoms with Crippen molar-refractivity contribution in [1.82, 2.24) is 20.4 Å². The van der Waals surface area contributed by atoms with Gasteiger partial charge < -0.3 is 15.5 Å². The molecular formula is C18H33N5O. The van der Waals surface area contributed by atoms with E-state index in [4.69, 9.17) is 0 Å². The number of hydrogen-bond donors (Lipinski definition) is 2. The Balaban J connectivity index is 1.30. The van der Waals surface area contributed by atoms with E-state index in [9.17, 15) is 4.79 Å². The Hall–Kier alpha value is -1.30. The molecule has 24 heavy (non-hydrogen) atoms. The normalized spacial score (nSPS) is 24.0. The molecule has 2 saturated carbocycles. The van der Waals surface area contributed by atoms with Crippen LogP contribution in [0.2, 0.25) is 0 Å². The van der Waals surface area contributed by atoms with Crippen LogP contribution in [0.15, 0.2) is 4.99 Å². The fourth-order valence-corrected chi connectivity index (χ4v) is 3.90. The molecule has 2 N–H and O–H groups in total. The van der Waals surface area contributed by atoms with E-state index in [2.05, 4.69) is 25.4 Å². The first kappa shape index (κ1) is 17.5. The maximum atomic E-state index is 12.3. The summed E-state index contributed by atoms with van der Waals surface area (Å²) >= 11 is 0. The second-order valence-corrected chi connectivity index (χ2v) is 7.42. The molecule has 0 atom stereocenters. The van der Waals surface area contributed by atoms with Gasteiger partial charge in [-0.25, -0.2) is 0 Å². The van der Waals surface area contributed by atoms with Gasteiger partial charge in [-0.15, -0.1) is 0 Å². The third kappa shape index (κ3) is 4.62. The number of piperazine rings is 1. The van der Waals surface area contributed by atoms with E-state index in [1.165, 1.54) is 32.1 Å². The molecule has 0 unspecified atom stereocenters. The van der Waals surface area contributed by atoms with Gasteiger partial charge in [-0.3, -0.25) is 14.7 Å². The summed E-state index contributed by atoms with van der Waals surface area (Å²) in [5.41, 5.74) is 0. The molecule has 0 aromatic rings. The van der Waals surface area contributed by atoms with Gasteiger partial charge in [-0.2, -0.15) is 0 Å². The summed E-state index contributed by atoms with van der Waals surface area (Å²) in [7, 11) is 1.84. The van der Waals surface area contributed by atoms with Crippen LogP contribution in [0.4, 0.5) is 0 Å². The summed E-state index contributed by atoms with van der Waals surface area (Å²) in [6, 6.07) is 0.595. The topological polar surface area (TPSA) is 60.0 Å². The second kappa shape index (κ2) is 8.70. The highest BCUT2D eigenvalue weighted by atomic mass is 16.2. The predicted molar refractivity (Wildman–Crippen MR) is 97.1 cm³/mol. The lowest BCUT2D eigenvalue weighted by Crippen LogP contribution is -2.52. The van der Waals surface area contributed by atoms with Crippen LogP contribution in [0.25, 0.3) is 0 Å². The van der Waals surface area contributed by atoms with Crippen molar-refractivity contribution >= 4 is 11.9 Å². The molecule has 1 aliphatic heterocycles. The molecule has 3 rings (SSSR count). The summed E-state index contributed by atoms with van der Waals surface area (Å²) in [5, 5.41) is 6.95. The third-order valence-electron chi connectivity index (χ3n) is 5.78. The number of hydrogen-bond acceptors (Lipinski definition) is 3. The third-order valence-corrected chi connectivity index (χ3v) is 5.78. The summed E-state index contributed by atoms with van der Waals surface area (Å²) in [4.78, 5) is 21.1. The standard InChI is InChI=1S/C18H33N5O/c1-19-18(21-16-7-2-3-8-16)20-9-10-22-11-13-23(14-12-22)17(24)15-5-4-6-15/h15-16H,2-14H2,1H3,(H2,19,20,21). The maximum absolute atomic E-state index is 12.3. The van der Waals surface area contributed by atoms with Crippen LogP contribution in [0.1, 0.15) is 44.9 Å². The lowest BCUT2D eigenvalue weighted by atomic mass is 9.84. The largest absolute Gasteiger partial charge is 0.355 e. The molecule has 1 saturated heterocycles. The molecule has 136 valence electrons. The molecule has 1 heterocycles. The van der Waals surface area contributed by atoms with Crippen LogP contribution in [-0.2, 0) is 4.79 Å². The highest BCUT2D eigenvalue weighted by molar-refractivity contribution is 5.80. The number of carbonyl (C=O) groups is 1. The highest BCUT2D eigenvalue weighted by Crippen LogP contribution is 2.28. The molecule has 0 aromatic heterocycles. The van der Waals surface area contributed by atoms with Crippen molar-refractivity contribution < 1.29 is 4.79 Å². The summed E-state index contributed by atoms with van der Waals surface area (Å²) in [6.45, 7) is 5.69. The molecule has 1 amide bonds. The van der Waals surface area contributed by atoms with Gasteiger partial charge in [0.15, 0.2) is 5.96 Å². The van der Waals surface area contributed by atoms with E-state index in [1.54, 1.807) is 0 Å². The van der Waals surface area contributed by atoms with Crippen LogP contribution in [0, 0.1) is 5.92 Å². The minimum Gasteiger partial charge on any atom is -0.355 e. The number of nitrogens with one attached hydrogen (secondary N) is 2. The quantitative estimate of drug-likeness (QED) is 0.582. The second-order valence-electron chi connectivity index (χ2n) is 7.42. The minimum absolute atomic E-state index is 0.336. The number of nitrogens with zero attached hydrogens (tertiary/aromatic N) is 3. The van der Waals surface area contributed by atoms with Gasteiger partial charge in [0, 0.05) is 58.3 Å². The Labute approximate surface area is 146 Å². The minimum atomic E-state index is 0.336. The van der Waals surface area contributed by atoms with E-state index in [-0.39, 0.29) is 0 Å². The SMILES string of the molecule is CN=C(NCCN1CCN(C(=O)C2CCC2)CC1)NC1CCCC1. The van der Waals surface area contributed by atoms with Gasteiger partial charge in [-0.1, -0.05) is 19.3 Å². The molecule has 2 aliphatic carbocycles. The first-order valence-electron chi connectivity index (χ1n) is 9.74. The molecule has 6 nitrogen and oxygen atoms in total. The summed E-state index contributed by atoms with van der Waals surface area (Å²) in [5.74, 6) is 1.67. The highest BCUT2D eigenvalue weighted by Gasteiger charge is 2.31. The number of guanidine groups is 1. The van der Waals surface area contributed by atoms with Crippen molar-refractivity contribution in [2.75, 3.05) is 46.3 Å². The zero-order valence-corrected chi connectivity index (χ0v) is 15.1. The van der Waals surface area contributed by atoms with Crippen LogP contribution in [0.3, 0.4) is 0 Å². The summed E-state index contributed by atoms with van der Waals surface area (Å²) < 4.78 is 0. The van der Waals surface area contributed by atoms with Crippen LogP contribution in [-0.4, -0.2) is 74.0 Å². The number of rotatable bonds is 5. The smallest absolute Gasteiger partial charge is 0.225 e. The lowest BCUT2D eigenvalue weighted by molar-refractivity contribution is -0.139. The van der Waals surface area contributed by atoms with Crippen molar-refractivity contribution in [3.05, 3.63) is 0 Å². The van der Waals surface area contributed by atoms with Crippen LogP contribution < -0.4 is 10.6 Å². The van der Waals surface area contributed by atoms with Crippen molar-refractivity contribution in [3.63, 3.8) is 0 Å². The van der Waals surface area contributed by atoms with E-state index in [0.717, 1.165) is 58.1 Å². The van der Waals surface area contributed by atoms with Gasteiger partial charge in [0.25, 0.3) is 0 Å². The maximum Gasteiger partial charge on any atom is 0.225 e. The Bertz CT molecular complexity index is 435. The van der Waals surface area contributed by atoms with Crippen molar-refractivity contribution in [2.24, 2.45) is 10.9 Å². The van der Waals surface area contributed by atoms with Crippen LogP contribution in [0.5, 0.6) is 0 Å². The van der Waals surface area contributed by atoms with E-state index in [1.807, 2.05) is 7.05 Å². The predicted octanol–water partition coefficient (Wildman–Crippen LogP) is 1.04. The number of carbonyl (C=O) groups excluding carboxylic acids is 1. The van der Waals surface area contributed by atoms with E-state index in [0.29, 0.717) is 17.9 Å². The Morgan fingerprint density at radius 1 is 1.04 bits per heavy atom. The van der Waals surface area contributed by atoms with Gasteiger partial charge in [0.1, 0.15) is 0 Å². The van der Waals surface area contributed by atoms with Crippen molar-refractivity contribution in [2.45, 2.75) is 51.0 Å². The van der Waals surface area contributed by atoms with Gasteiger partial charge >= 0.3 is 0 Å². The monoisotopic (exact) mass is 335 g/mol. The zero-order chi connectivity index (χ0) is 16.8. The molecule has 3 aliphatic rings. The Kier molecular flexibility index (Phi) is 6.35. The molecule has 0 radical (unpaired) electrons. The molecular weight excluding hydrogens is 302 g/mol. The Morgan fingerprint density at radius 3 is 2.33 bits per heavy atom. The fourth-order valence-electron chi connectivity index (χ4n) is 3.90. The lowest BCUT2D eigenvalue weighted by Gasteiger charge is -2.38. The van der Waals surface area contributed by atoms with Gasteiger partial charge in [-0.05, 0) is 25.7 Å². The average Bonchev–Trinajstić information content (AvgIpc) is 3.06. The first-order chi connectivity index (χ1) is 11.8. The molecule has 6 heteroatoms. The van der Waals surface area contributed by atoms with Crippen LogP contribution >= 0.6 is 0 Å². The molecule has 3 fully saturated rings. The summed E-state index contributed by atoms with van der Waals surface area (Å²) in [6.07, 6.45) is 8.64. The van der Waals surface area contributed by atoms with E-state index >= 15 is 0 Å². The zero-order valence-electron chi connectivity index (χ0n) is 15.1. The molecule has 0 aromatic carbocycles. The number of amides is 1. The number of aliphatic imine (C=N–C) groups is 1.